The van der Waals surface area contributed by atoms with Gasteiger partial charge in [-0.1, -0.05) is 67.1 Å². The third kappa shape index (κ3) is 10.2. The Hall–Kier alpha value is -7.17. The van der Waals surface area contributed by atoms with Gasteiger partial charge in [0.2, 0.25) is 11.8 Å². The molecule has 6 heterocycles. The van der Waals surface area contributed by atoms with Crippen LogP contribution < -0.4 is 25.2 Å². The molecule has 74 heavy (non-hydrogen) atoms. The fourth-order valence-corrected chi connectivity index (χ4v) is 12.7. The first-order chi connectivity index (χ1) is 35.9. The molecule has 3 amide bonds. The van der Waals surface area contributed by atoms with E-state index in [0.29, 0.717) is 66.3 Å². The van der Waals surface area contributed by atoms with E-state index in [4.69, 9.17) is 14.8 Å². The van der Waals surface area contributed by atoms with Crippen LogP contribution in [0.5, 0.6) is 5.75 Å². The summed E-state index contributed by atoms with van der Waals surface area (Å²) in [5.41, 5.74) is 8.60. The van der Waals surface area contributed by atoms with Crippen molar-refractivity contribution in [3.8, 4) is 16.9 Å². The minimum absolute atomic E-state index is 0.0124. The number of para-hydroxylation sites is 2. The van der Waals surface area contributed by atoms with Gasteiger partial charge in [0.1, 0.15) is 11.6 Å². The van der Waals surface area contributed by atoms with Crippen molar-refractivity contribution in [3.63, 3.8) is 0 Å². The molecule has 3 N–H and O–H groups in total. The number of amides is 3. The summed E-state index contributed by atoms with van der Waals surface area (Å²) in [5.74, 6) is 0.447. The fourth-order valence-electron chi connectivity index (χ4n) is 11.9. The zero-order valence-corrected chi connectivity index (χ0v) is 43.1. The van der Waals surface area contributed by atoms with Crippen LogP contribution in [0.2, 0.25) is 0 Å². The van der Waals surface area contributed by atoms with E-state index in [1.165, 1.54) is 24.2 Å². The van der Waals surface area contributed by atoms with Crippen molar-refractivity contribution >= 4 is 72.8 Å². The molecule has 2 atom stereocenters. The van der Waals surface area contributed by atoms with Crippen LogP contribution in [0.1, 0.15) is 107 Å². The van der Waals surface area contributed by atoms with Crippen LogP contribution in [0.3, 0.4) is 0 Å². The largest absolute Gasteiger partial charge is 0.490 e. The second-order valence-electron chi connectivity index (χ2n) is 20.8. The molecule has 2 saturated heterocycles. The highest BCUT2D eigenvalue weighted by Gasteiger charge is 2.33. The summed E-state index contributed by atoms with van der Waals surface area (Å²) in [6.45, 7) is 10.4. The van der Waals surface area contributed by atoms with Gasteiger partial charge in [-0.15, -0.1) is 0 Å². The highest BCUT2D eigenvalue weighted by molar-refractivity contribution is 7.22. The number of carbonyl (C=O) groups is 4. The Bertz CT molecular complexity index is 3250. The molecule has 3 aromatic heterocycles. The maximum atomic E-state index is 13.6. The number of anilines is 3. The van der Waals surface area contributed by atoms with Crippen molar-refractivity contribution in [2.45, 2.75) is 90.2 Å². The molecular formula is C58H63N9O6S. The van der Waals surface area contributed by atoms with E-state index >= 15 is 0 Å². The quantitative estimate of drug-likeness (QED) is 0.0882. The zero-order chi connectivity index (χ0) is 51.0. The normalized spacial score (nSPS) is 19.9. The number of piperidine rings is 1. The van der Waals surface area contributed by atoms with E-state index in [9.17, 15) is 24.3 Å². The molecule has 382 valence electrons. The second-order valence-corrected chi connectivity index (χ2v) is 21.9. The first-order valence-corrected chi connectivity index (χ1v) is 27.0. The predicted molar refractivity (Wildman–Crippen MR) is 289 cm³/mol. The Labute approximate surface area is 434 Å². The molecule has 4 aromatic carbocycles. The minimum atomic E-state index is -1.10. The predicted octanol–water partition coefficient (Wildman–Crippen LogP) is 9.76. The summed E-state index contributed by atoms with van der Waals surface area (Å²) in [6.07, 6.45) is 8.44. The molecular weight excluding hydrogens is 951 g/mol. The Balaban J connectivity index is 0.649. The molecule has 15 nitrogen and oxygen atoms in total. The van der Waals surface area contributed by atoms with E-state index in [2.05, 4.69) is 44.5 Å². The molecule has 0 spiro atoms. The second kappa shape index (κ2) is 21.0. The molecule has 7 aromatic rings. The van der Waals surface area contributed by atoms with E-state index in [1.54, 1.807) is 0 Å². The number of nitrogens with zero attached hydrogens (tertiary/aromatic N) is 7. The van der Waals surface area contributed by atoms with Gasteiger partial charge >= 0.3 is 5.97 Å². The fraction of sp³-hybridized carbons (Fsp3) is 0.397. The molecule has 4 aliphatic rings. The number of imide groups is 1. The van der Waals surface area contributed by atoms with Gasteiger partial charge in [0.05, 0.1) is 39.1 Å². The van der Waals surface area contributed by atoms with Crippen molar-refractivity contribution in [3.05, 3.63) is 125 Å². The summed E-state index contributed by atoms with van der Waals surface area (Å²) in [5, 5.41) is 22.3. The lowest BCUT2D eigenvalue weighted by Gasteiger charge is -2.37. The molecule has 16 heteroatoms. The summed E-state index contributed by atoms with van der Waals surface area (Å²) >= 11 is 1.44. The number of aryl methyl sites for hydroxylation is 2. The number of fused-ring (bicyclic) bond motifs is 3. The third-order valence-electron chi connectivity index (χ3n) is 15.8. The smallest absolute Gasteiger partial charge is 0.355 e. The number of carboxylic acid groups (broad SMARTS) is 1. The third-order valence-corrected chi connectivity index (χ3v) is 16.8. The number of carbonyl (C=O) groups excluding carboxylic acids is 3. The molecule has 1 saturated carbocycles. The van der Waals surface area contributed by atoms with Gasteiger partial charge in [-0.3, -0.25) is 34.6 Å². The van der Waals surface area contributed by atoms with Gasteiger partial charge in [0.25, 0.3) is 5.91 Å². The van der Waals surface area contributed by atoms with Gasteiger partial charge in [-0.2, -0.15) is 5.10 Å². The van der Waals surface area contributed by atoms with Crippen molar-refractivity contribution in [1.29, 1.82) is 0 Å². The first-order valence-electron chi connectivity index (χ1n) is 26.2. The Kier molecular flexibility index (Phi) is 13.9. The highest BCUT2D eigenvalue weighted by Crippen LogP contribution is 2.38. The van der Waals surface area contributed by atoms with Gasteiger partial charge < -0.3 is 19.6 Å². The molecule has 11 rings (SSSR count). The molecule has 3 fully saturated rings. The number of thiazole rings is 1. The maximum absolute atomic E-state index is 13.6. The number of aromatic nitrogens is 4. The number of rotatable bonds is 14. The van der Waals surface area contributed by atoms with Crippen LogP contribution in [0, 0.1) is 18.8 Å². The number of aromatic carboxylic acids is 1. The van der Waals surface area contributed by atoms with Crippen LogP contribution in [0.4, 0.5) is 16.6 Å². The number of piperazine rings is 1. The summed E-state index contributed by atoms with van der Waals surface area (Å²) < 4.78 is 9.48. The Morgan fingerprint density at radius 1 is 0.865 bits per heavy atom. The summed E-state index contributed by atoms with van der Waals surface area (Å²) in [4.78, 5) is 67.4. The monoisotopic (exact) mass is 1010 g/mol. The number of ether oxygens (including phenoxy) is 1. The average molecular weight is 1010 g/mol. The van der Waals surface area contributed by atoms with Gasteiger partial charge in [-0.25, -0.2) is 14.8 Å². The number of benzene rings is 4. The van der Waals surface area contributed by atoms with Crippen molar-refractivity contribution in [2.75, 3.05) is 54.4 Å². The number of hydrogen-bond acceptors (Lipinski definition) is 12. The van der Waals surface area contributed by atoms with Crippen molar-refractivity contribution in [2.24, 2.45) is 18.9 Å². The number of carboxylic acids is 1. The summed E-state index contributed by atoms with van der Waals surface area (Å²) in [6, 6.07) is 29.5. The molecule has 1 unspecified atom stereocenters. The van der Waals surface area contributed by atoms with Gasteiger partial charge in [-0.05, 0) is 134 Å². The molecule has 0 radical (unpaired) electrons. The van der Waals surface area contributed by atoms with Crippen LogP contribution in [-0.4, -0.2) is 98.8 Å². The minimum Gasteiger partial charge on any atom is -0.490 e. The van der Waals surface area contributed by atoms with Gasteiger partial charge in [0, 0.05) is 75.8 Å². The van der Waals surface area contributed by atoms with Crippen LogP contribution in [0.25, 0.3) is 32.2 Å². The Morgan fingerprint density at radius 3 is 2.45 bits per heavy atom. The molecule has 0 bridgehead atoms. The first kappa shape index (κ1) is 49.1. The van der Waals surface area contributed by atoms with Crippen LogP contribution >= 0.6 is 11.3 Å². The topological polar surface area (TPSA) is 175 Å². The van der Waals surface area contributed by atoms with Crippen LogP contribution in [0.15, 0.2) is 91.0 Å². The van der Waals surface area contributed by atoms with Crippen molar-refractivity contribution in [1.82, 2.24) is 30.0 Å². The molecule has 1 aliphatic carbocycles. The standard InChI is InChI=1S/C58H63N9O6S/c1-35(33-65-28-30-66(31-29-65)48-12-7-10-44-52(63-64(3)54(44)48)45-23-25-51(68)61-56(45)70)14-15-37-16-18-39(19-17-37)73-40-20-21-41(36(2)32-40)42-22-24-50(60-53(42)57(71)72)67-27-26-38-8-6-9-43(46(38)34-67)55(69)62-58-59-47-11-4-5-13-49(47)74-58/h4-13,20-22,24,32,35,37,39,45H,14-19,23,25-31,33-34H2,1-3H3,(H,71,72)(H,59,62,69)(H,61,68,70)/t35-,37?,39?,45?/m0/s1. The maximum Gasteiger partial charge on any atom is 0.355 e. The SMILES string of the molecule is Cc1cc(OC2CCC(CC[C@H](C)CN3CCN(c4cccc5c(C6CCC(=O)NC6=O)nn(C)c45)CC3)CC2)ccc1-c1ccc(N2CCc3cccc(C(=O)Nc4nc5ccccc5s4)c3C2)nc1C(=O)O. The highest BCUT2D eigenvalue weighted by atomic mass is 32.1. The lowest BCUT2D eigenvalue weighted by atomic mass is 9.83. The van der Waals surface area contributed by atoms with E-state index < -0.39 is 11.9 Å². The lowest BCUT2D eigenvalue weighted by molar-refractivity contribution is -0.134. The number of hydrogen-bond donors (Lipinski definition) is 3. The lowest BCUT2D eigenvalue weighted by Crippen LogP contribution is -2.47. The average Bonchev–Trinajstić information content (AvgIpc) is 3.98. The number of nitrogens with one attached hydrogen (secondary N) is 2. The Morgan fingerprint density at radius 2 is 1.66 bits per heavy atom. The van der Waals surface area contributed by atoms with Crippen LogP contribution in [-0.2, 0) is 29.6 Å². The number of pyridine rings is 1. The zero-order valence-electron chi connectivity index (χ0n) is 42.3. The summed E-state index contributed by atoms with van der Waals surface area (Å²) in [7, 11) is 1.95. The van der Waals surface area contributed by atoms with E-state index in [0.717, 1.165) is 119 Å². The van der Waals surface area contributed by atoms with Crippen molar-refractivity contribution < 1.29 is 29.0 Å². The molecule has 3 aliphatic heterocycles. The van der Waals surface area contributed by atoms with E-state index in [-0.39, 0.29) is 29.5 Å². The van der Waals surface area contributed by atoms with E-state index in [1.807, 2.05) is 102 Å². The van der Waals surface area contributed by atoms with Gasteiger partial charge in [0.15, 0.2) is 10.8 Å².